The van der Waals surface area contributed by atoms with Gasteiger partial charge in [-0.2, -0.15) is 0 Å². The van der Waals surface area contributed by atoms with E-state index in [9.17, 15) is 0 Å². The zero-order chi connectivity index (χ0) is 13.5. The number of aryl methyl sites for hydroxylation is 1. The van der Waals surface area contributed by atoms with Crippen LogP contribution in [-0.4, -0.2) is 18.1 Å². The highest BCUT2D eigenvalue weighted by atomic mass is 35.5. The highest BCUT2D eigenvalue weighted by Gasteiger charge is 2.09. The molecule has 0 aliphatic rings. The minimum atomic E-state index is 0.431. The van der Waals surface area contributed by atoms with Gasteiger partial charge < -0.3 is 5.32 Å². The molecule has 19 heavy (non-hydrogen) atoms. The van der Waals surface area contributed by atoms with Crippen LogP contribution in [0.15, 0.2) is 48.8 Å². The van der Waals surface area contributed by atoms with Crippen LogP contribution < -0.4 is 5.32 Å². The lowest BCUT2D eigenvalue weighted by atomic mass is 10.00. The van der Waals surface area contributed by atoms with Crippen LogP contribution in [0, 0.1) is 0 Å². The minimum absolute atomic E-state index is 0.431. The van der Waals surface area contributed by atoms with Crippen LogP contribution in [0.2, 0.25) is 5.02 Å². The normalized spacial score (nSPS) is 12.3. The van der Waals surface area contributed by atoms with E-state index in [2.05, 4.69) is 22.4 Å². The smallest absolute Gasteiger partial charge is 0.0438 e. The van der Waals surface area contributed by atoms with E-state index in [1.165, 1.54) is 11.1 Å². The van der Waals surface area contributed by atoms with E-state index in [0.717, 1.165) is 24.3 Å². The maximum atomic E-state index is 6.20. The molecular formula is C16H19ClN2. The number of hydrogen-bond acceptors (Lipinski definition) is 2. The lowest BCUT2D eigenvalue weighted by Gasteiger charge is -2.17. The second-order valence-electron chi connectivity index (χ2n) is 4.68. The summed E-state index contributed by atoms with van der Waals surface area (Å²) in [4.78, 5) is 4.15. The molecule has 0 aliphatic heterocycles. The van der Waals surface area contributed by atoms with Crippen LogP contribution >= 0.6 is 11.6 Å². The number of pyridine rings is 1. The molecule has 0 fully saturated rings. The van der Waals surface area contributed by atoms with E-state index in [1.54, 1.807) is 0 Å². The summed E-state index contributed by atoms with van der Waals surface area (Å²) in [5, 5.41) is 4.22. The van der Waals surface area contributed by atoms with Crippen LogP contribution in [0.5, 0.6) is 0 Å². The number of hydrogen-bond donors (Lipinski definition) is 1. The van der Waals surface area contributed by atoms with Crippen molar-refractivity contribution in [3.8, 4) is 0 Å². The fraction of sp³-hybridized carbons (Fsp3) is 0.312. The Kier molecular flexibility index (Phi) is 5.37. The van der Waals surface area contributed by atoms with E-state index in [0.29, 0.717) is 6.04 Å². The number of nitrogens with one attached hydrogen (secondary N) is 1. The molecule has 0 bridgehead atoms. The Morgan fingerprint density at radius 2 is 2.05 bits per heavy atom. The Balaban J connectivity index is 1.92. The van der Waals surface area contributed by atoms with Gasteiger partial charge in [-0.25, -0.2) is 0 Å². The Hall–Kier alpha value is -1.38. The summed E-state index contributed by atoms with van der Waals surface area (Å²) in [5.74, 6) is 0. The van der Waals surface area contributed by atoms with Gasteiger partial charge in [0.15, 0.2) is 0 Å². The standard InChI is InChI=1S/C16H19ClN2/c1-18-15(9-8-13-5-4-10-19-12-13)11-14-6-2-3-7-16(14)17/h2-7,10,12,15,18H,8-9,11H2,1H3. The van der Waals surface area contributed by atoms with Gasteiger partial charge in [0.25, 0.3) is 0 Å². The van der Waals surface area contributed by atoms with Gasteiger partial charge in [0.1, 0.15) is 0 Å². The first-order valence-corrected chi connectivity index (χ1v) is 6.97. The molecule has 1 aromatic carbocycles. The summed E-state index contributed by atoms with van der Waals surface area (Å²) in [7, 11) is 2.00. The second-order valence-corrected chi connectivity index (χ2v) is 5.09. The quantitative estimate of drug-likeness (QED) is 0.872. The molecule has 1 unspecified atom stereocenters. The molecule has 1 aromatic heterocycles. The van der Waals surface area contributed by atoms with Crippen LogP contribution in [-0.2, 0) is 12.8 Å². The summed E-state index contributed by atoms with van der Waals surface area (Å²) in [6.07, 6.45) is 6.80. The first kappa shape index (κ1) is 14.0. The highest BCUT2D eigenvalue weighted by molar-refractivity contribution is 6.31. The van der Waals surface area contributed by atoms with Gasteiger partial charge in [0.05, 0.1) is 0 Å². The van der Waals surface area contributed by atoms with Crippen molar-refractivity contribution in [1.29, 1.82) is 0 Å². The predicted molar refractivity (Wildman–Crippen MR) is 80.6 cm³/mol. The van der Waals surface area contributed by atoms with Crippen molar-refractivity contribution >= 4 is 11.6 Å². The van der Waals surface area contributed by atoms with Crippen LogP contribution in [0.4, 0.5) is 0 Å². The fourth-order valence-electron chi connectivity index (χ4n) is 2.16. The third-order valence-electron chi connectivity index (χ3n) is 3.34. The summed E-state index contributed by atoms with van der Waals surface area (Å²) in [6.45, 7) is 0. The van der Waals surface area contributed by atoms with Crippen molar-refractivity contribution in [3.05, 3.63) is 64.9 Å². The summed E-state index contributed by atoms with van der Waals surface area (Å²) < 4.78 is 0. The average Bonchev–Trinajstić information content (AvgIpc) is 2.46. The number of halogens is 1. The minimum Gasteiger partial charge on any atom is -0.317 e. The van der Waals surface area contributed by atoms with Crippen molar-refractivity contribution in [2.24, 2.45) is 0 Å². The Morgan fingerprint density at radius 1 is 1.21 bits per heavy atom. The monoisotopic (exact) mass is 274 g/mol. The van der Waals surface area contributed by atoms with Gasteiger partial charge in [0.2, 0.25) is 0 Å². The lowest BCUT2D eigenvalue weighted by Crippen LogP contribution is -2.28. The number of likely N-dealkylation sites (N-methyl/N-ethyl adjacent to an activating group) is 1. The number of rotatable bonds is 6. The van der Waals surface area contributed by atoms with Gasteiger partial charge in [-0.3, -0.25) is 4.98 Å². The molecule has 2 nitrogen and oxygen atoms in total. The van der Waals surface area contributed by atoms with Gasteiger partial charge in [-0.15, -0.1) is 0 Å². The van der Waals surface area contributed by atoms with Crippen LogP contribution in [0.1, 0.15) is 17.5 Å². The zero-order valence-corrected chi connectivity index (χ0v) is 11.9. The molecule has 0 aliphatic carbocycles. The molecule has 0 spiro atoms. The largest absolute Gasteiger partial charge is 0.317 e. The molecule has 3 heteroatoms. The lowest BCUT2D eigenvalue weighted by molar-refractivity contribution is 0.520. The summed E-state index contributed by atoms with van der Waals surface area (Å²) in [5.41, 5.74) is 2.48. The van der Waals surface area contributed by atoms with E-state index >= 15 is 0 Å². The molecule has 1 atom stereocenters. The third kappa shape index (κ3) is 4.34. The Bertz CT molecular complexity index is 499. The van der Waals surface area contributed by atoms with Crippen LogP contribution in [0.25, 0.3) is 0 Å². The topological polar surface area (TPSA) is 24.9 Å². The van der Waals surface area contributed by atoms with Gasteiger partial charge >= 0.3 is 0 Å². The fourth-order valence-corrected chi connectivity index (χ4v) is 2.38. The summed E-state index contributed by atoms with van der Waals surface area (Å²) >= 11 is 6.20. The first-order chi connectivity index (χ1) is 9.29. The molecule has 0 saturated heterocycles. The van der Waals surface area contributed by atoms with Gasteiger partial charge in [0, 0.05) is 23.5 Å². The average molecular weight is 275 g/mol. The number of nitrogens with zero attached hydrogens (tertiary/aromatic N) is 1. The van der Waals surface area contributed by atoms with Gasteiger partial charge in [-0.1, -0.05) is 35.9 Å². The van der Waals surface area contributed by atoms with Crippen molar-refractivity contribution in [3.63, 3.8) is 0 Å². The van der Waals surface area contributed by atoms with E-state index < -0.39 is 0 Å². The number of benzene rings is 1. The van der Waals surface area contributed by atoms with Crippen LogP contribution in [0.3, 0.4) is 0 Å². The van der Waals surface area contributed by atoms with Crippen molar-refractivity contribution < 1.29 is 0 Å². The molecule has 0 radical (unpaired) electrons. The maximum absolute atomic E-state index is 6.20. The van der Waals surface area contributed by atoms with E-state index in [1.807, 2.05) is 43.7 Å². The molecule has 0 saturated carbocycles. The SMILES string of the molecule is CNC(CCc1cccnc1)Cc1ccccc1Cl. The predicted octanol–water partition coefficient (Wildman–Crippen LogP) is 3.50. The second kappa shape index (κ2) is 7.27. The third-order valence-corrected chi connectivity index (χ3v) is 3.71. The van der Waals surface area contributed by atoms with Crippen molar-refractivity contribution in [2.45, 2.75) is 25.3 Å². The van der Waals surface area contributed by atoms with Crippen molar-refractivity contribution in [1.82, 2.24) is 10.3 Å². The first-order valence-electron chi connectivity index (χ1n) is 6.59. The molecule has 100 valence electrons. The summed E-state index contributed by atoms with van der Waals surface area (Å²) in [6, 6.07) is 12.6. The molecule has 2 rings (SSSR count). The molecular weight excluding hydrogens is 256 g/mol. The van der Waals surface area contributed by atoms with E-state index in [-0.39, 0.29) is 0 Å². The maximum Gasteiger partial charge on any atom is 0.0438 e. The Labute approximate surface area is 119 Å². The van der Waals surface area contributed by atoms with E-state index in [4.69, 9.17) is 11.6 Å². The van der Waals surface area contributed by atoms with Crippen molar-refractivity contribution in [2.75, 3.05) is 7.05 Å². The van der Waals surface area contributed by atoms with Gasteiger partial charge in [-0.05, 0) is 49.6 Å². The highest BCUT2D eigenvalue weighted by Crippen LogP contribution is 2.18. The molecule has 2 aromatic rings. The molecule has 0 amide bonds. The Morgan fingerprint density at radius 3 is 2.74 bits per heavy atom. The molecule has 1 N–H and O–H groups in total. The zero-order valence-electron chi connectivity index (χ0n) is 11.1. The molecule has 1 heterocycles. The number of aromatic nitrogens is 1.